The Morgan fingerprint density at radius 3 is 2.67 bits per heavy atom. The maximum Gasteiger partial charge on any atom is 0.303 e. The Bertz CT molecular complexity index is 815. The molecule has 1 aromatic carbocycles. The van der Waals surface area contributed by atoms with Gasteiger partial charge in [-0.25, -0.2) is 9.37 Å². The number of benzene rings is 1. The highest BCUT2D eigenvalue weighted by Gasteiger charge is 2.34. The van der Waals surface area contributed by atoms with Gasteiger partial charge in [-0.2, -0.15) is 0 Å². The van der Waals surface area contributed by atoms with Crippen molar-refractivity contribution in [2.75, 3.05) is 6.54 Å². The first-order valence-electron chi connectivity index (χ1n) is 9.15. The first-order chi connectivity index (χ1) is 13.0. The highest BCUT2D eigenvalue weighted by atomic mass is 32.1. The molecular formula is C20H23FN2O3S. The molecule has 5 nitrogen and oxygen atoms in total. The molecule has 0 aliphatic heterocycles. The molecule has 1 amide bonds. The average Bonchev–Trinajstić information content (AvgIpc) is 3.09. The second kappa shape index (κ2) is 8.61. The number of hydrogen-bond acceptors (Lipinski definition) is 4. The number of aliphatic carboxylic acids is 1. The number of rotatable bonds is 7. The van der Waals surface area contributed by atoms with E-state index in [-0.39, 0.29) is 30.0 Å². The van der Waals surface area contributed by atoms with E-state index in [1.807, 2.05) is 0 Å². The lowest BCUT2D eigenvalue weighted by atomic mass is 9.71. The Kier molecular flexibility index (Phi) is 6.21. The van der Waals surface area contributed by atoms with Crippen LogP contribution in [0.2, 0.25) is 0 Å². The molecule has 2 N–H and O–H groups in total. The van der Waals surface area contributed by atoms with Crippen molar-refractivity contribution < 1.29 is 19.1 Å². The number of halogens is 1. The minimum atomic E-state index is -0.819. The van der Waals surface area contributed by atoms with Crippen molar-refractivity contribution in [1.29, 1.82) is 0 Å². The monoisotopic (exact) mass is 390 g/mol. The summed E-state index contributed by atoms with van der Waals surface area (Å²) in [5, 5.41) is 14.4. The average molecular weight is 390 g/mol. The maximum atomic E-state index is 13.9. The number of carboxylic acid groups (broad SMARTS) is 1. The molecule has 2 aromatic rings. The molecule has 144 valence electrons. The number of aromatic nitrogens is 1. The number of carbonyl (C=O) groups is 2. The van der Waals surface area contributed by atoms with E-state index in [0.29, 0.717) is 22.8 Å². The Labute approximate surface area is 161 Å². The van der Waals surface area contributed by atoms with Crippen molar-refractivity contribution in [3.63, 3.8) is 0 Å². The second-order valence-electron chi connectivity index (χ2n) is 7.21. The summed E-state index contributed by atoms with van der Waals surface area (Å²) in [6.45, 7) is 0.377. The van der Waals surface area contributed by atoms with E-state index in [2.05, 4.69) is 10.3 Å². The third-order valence-corrected chi connectivity index (χ3v) is 6.02. The summed E-state index contributed by atoms with van der Waals surface area (Å²) in [6, 6.07) is 6.42. The maximum absolute atomic E-state index is 13.9. The van der Waals surface area contributed by atoms with Crippen LogP contribution in [0.3, 0.4) is 0 Å². The van der Waals surface area contributed by atoms with Crippen LogP contribution in [0.4, 0.5) is 4.39 Å². The minimum Gasteiger partial charge on any atom is -0.481 e. The fourth-order valence-corrected chi connectivity index (χ4v) is 4.54. The van der Waals surface area contributed by atoms with Crippen LogP contribution in [-0.4, -0.2) is 28.5 Å². The van der Waals surface area contributed by atoms with Crippen LogP contribution in [0.25, 0.3) is 10.6 Å². The molecule has 27 heavy (non-hydrogen) atoms. The fraction of sp³-hybridized carbons (Fsp3) is 0.450. The first-order valence-corrected chi connectivity index (χ1v) is 10.0. The highest BCUT2D eigenvalue weighted by Crippen LogP contribution is 2.38. The second-order valence-corrected chi connectivity index (χ2v) is 8.07. The van der Waals surface area contributed by atoms with E-state index in [1.54, 1.807) is 23.6 Å². The lowest BCUT2D eigenvalue weighted by Crippen LogP contribution is -2.41. The van der Waals surface area contributed by atoms with Crippen molar-refractivity contribution in [2.45, 2.75) is 44.9 Å². The minimum absolute atomic E-state index is 0.0847. The molecule has 1 saturated carbocycles. The highest BCUT2D eigenvalue weighted by molar-refractivity contribution is 7.13. The largest absolute Gasteiger partial charge is 0.481 e. The summed E-state index contributed by atoms with van der Waals surface area (Å²) < 4.78 is 13.9. The number of carbonyl (C=O) groups excluding carboxylic acids is 1. The molecule has 1 aliphatic carbocycles. The molecule has 0 atom stereocenters. The van der Waals surface area contributed by atoms with E-state index in [4.69, 9.17) is 0 Å². The molecule has 3 rings (SSSR count). The fourth-order valence-electron chi connectivity index (χ4n) is 3.70. The number of nitrogens with one attached hydrogen (secondary N) is 1. The molecule has 1 fully saturated rings. The molecular weight excluding hydrogens is 367 g/mol. The van der Waals surface area contributed by atoms with Gasteiger partial charge >= 0.3 is 5.97 Å². The molecule has 1 aromatic heterocycles. The zero-order chi connectivity index (χ0) is 19.3. The Morgan fingerprint density at radius 2 is 1.96 bits per heavy atom. The van der Waals surface area contributed by atoms with Gasteiger partial charge in [0.15, 0.2) is 0 Å². The standard InChI is InChI=1S/C20H23FN2O3S/c21-16-7-3-2-6-15(16)19-23-14(12-27-19)10-17(24)22-13-20(11-18(25)26)8-4-1-5-9-20/h2-3,6-7,12H,1,4-5,8-11,13H2,(H,22,24)(H,25,26). The molecule has 0 spiro atoms. The molecule has 0 unspecified atom stereocenters. The van der Waals surface area contributed by atoms with Gasteiger partial charge in [-0.1, -0.05) is 31.4 Å². The van der Waals surface area contributed by atoms with E-state index in [1.165, 1.54) is 17.4 Å². The Balaban J connectivity index is 1.59. The number of amides is 1. The van der Waals surface area contributed by atoms with Crippen LogP contribution in [0.1, 0.15) is 44.2 Å². The summed E-state index contributed by atoms with van der Waals surface area (Å²) in [4.78, 5) is 27.9. The number of thiazole rings is 1. The van der Waals surface area contributed by atoms with Crippen molar-refractivity contribution in [2.24, 2.45) is 5.41 Å². The zero-order valence-electron chi connectivity index (χ0n) is 15.0. The quantitative estimate of drug-likeness (QED) is 0.748. The lowest BCUT2D eigenvalue weighted by molar-refractivity contribution is -0.140. The molecule has 1 aliphatic rings. The van der Waals surface area contributed by atoms with Gasteiger partial charge in [-0.05, 0) is 30.4 Å². The van der Waals surface area contributed by atoms with Gasteiger partial charge in [-0.15, -0.1) is 11.3 Å². The third kappa shape index (κ3) is 5.13. The van der Waals surface area contributed by atoms with Gasteiger partial charge in [0.05, 0.1) is 18.5 Å². The zero-order valence-corrected chi connectivity index (χ0v) is 15.9. The lowest BCUT2D eigenvalue weighted by Gasteiger charge is -2.36. The van der Waals surface area contributed by atoms with Crippen LogP contribution in [0, 0.1) is 11.2 Å². The van der Waals surface area contributed by atoms with E-state index < -0.39 is 5.97 Å². The summed E-state index contributed by atoms with van der Waals surface area (Å²) in [5.41, 5.74) is 0.670. The van der Waals surface area contributed by atoms with Crippen molar-refractivity contribution >= 4 is 23.2 Å². The number of hydrogen-bond donors (Lipinski definition) is 2. The van der Waals surface area contributed by atoms with Gasteiger partial charge in [-0.3, -0.25) is 9.59 Å². The molecule has 7 heteroatoms. The van der Waals surface area contributed by atoms with E-state index in [0.717, 1.165) is 32.1 Å². The molecule has 0 saturated heterocycles. The van der Waals surface area contributed by atoms with E-state index >= 15 is 0 Å². The van der Waals surface area contributed by atoms with Crippen molar-refractivity contribution in [1.82, 2.24) is 10.3 Å². The Morgan fingerprint density at radius 1 is 1.22 bits per heavy atom. The van der Waals surface area contributed by atoms with Crippen LogP contribution < -0.4 is 5.32 Å². The molecule has 0 bridgehead atoms. The first kappa shape index (κ1) is 19.5. The van der Waals surface area contributed by atoms with Crippen LogP contribution in [0.15, 0.2) is 29.6 Å². The van der Waals surface area contributed by atoms with E-state index in [9.17, 15) is 19.1 Å². The summed E-state index contributed by atoms with van der Waals surface area (Å²) >= 11 is 1.30. The third-order valence-electron chi connectivity index (χ3n) is 5.10. The summed E-state index contributed by atoms with van der Waals surface area (Å²) in [5.74, 6) is -1.34. The van der Waals surface area contributed by atoms with Gasteiger partial charge in [0, 0.05) is 17.5 Å². The van der Waals surface area contributed by atoms with Crippen LogP contribution in [-0.2, 0) is 16.0 Å². The normalized spacial score (nSPS) is 16.0. The predicted octanol–water partition coefficient (Wildman–Crippen LogP) is 4.03. The molecule has 1 heterocycles. The predicted molar refractivity (Wildman–Crippen MR) is 102 cm³/mol. The summed E-state index contributed by atoms with van der Waals surface area (Å²) in [6.07, 6.45) is 4.96. The molecule has 0 radical (unpaired) electrons. The number of carboxylic acids is 1. The van der Waals surface area contributed by atoms with Gasteiger partial charge < -0.3 is 10.4 Å². The van der Waals surface area contributed by atoms with Crippen LogP contribution >= 0.6 is 11.3 Å². The van der Waals surface area contributed by atoms with Gasteiger partial charge in [0.1, 0.15) is 10.8 Å². The smallest absolute Gasteiger partial charge is 0.303 e. The van der Waals surface area contributed by atoms with Crippen molar-refractivity contribution in [3.05, 3.63) is 41.2 Å². The van der Waals surface area contributed by atoms with Gasteiger partial charge in [0.25, 0.3) is 0 Å². The summed E-state index contributed by atoms with van der Waals surface area (Å²) in [7, 11) is 0. The Hall–Kier alpha value is -2.28. The van der Waals surface area contributed by atoms with Crippen LogP contribution in [0.5, 0.6) is 0 Å². The van der Waals surface area contributed by atoms with Gasteiger partial charge in [0.2, 0.25) is 5.91 Å². The number of nitrogens with zero attached hydrogens (tertiary/aromatic N) is 1. The topological polar surface area (TPSA) is 79.3 Å². The SMILES string of the molecule is O=C(O)CC1(CNC(=O)Cc2csc(-c3ccccc3F)n2)CCCCC1. The van der Waals surface area contributed by atoms with Crippen molar-refractivity contribution in [3.8, 4) is 10.6 Å².